The number of hydrogen-bond acceptors (Lipinski definition) is 6. The Bertz CT molecular complexity index is 175. The Morgan fingerprint density at radius 3 is 1.92 bits per heavy atom. The Hall–Kier alpha value is -0.730. The molecule has 0 aromatic rings. The molecule has 0 rings (SSSR count). The third-order valence-corrected chi connectivity index (χ3v) is 1.55. The predicted molar refractivity (Wildman–Crippen MR) is 40.3 cm³/mol. The molecule has 0 saturated heterocycles. The van der Waals surface area contributed by atoms with Crippen molar-refractivity contribution in [2.45, 2.75) is 24.4 Å². The van der Waals surface area contributed by atoms with Crippen molar-refractivity contribution in [2.75, 3.05) is 6.61 Å². The van der Waals surface area contributed by atoms with Gasteiger partial charge in [0.1, 0.15) is 18.3 Å². The molecule has 0 spiro atoms. The first-order chi connectivity index (χ1) is 5.91. The van der Waals surface area contributed by atoms with Gasteiger partial charge in [-0.15, -0.1) is 0 Å². The lowest BCUT2D eigenvalue weighted by atomic mass is 10.0. The molecule has 0 heterocycles. The second-order valence-electron chi connectivity index (χ2n) is 2.58. The third-order valence-electron chi connectivity index (χ3n) is 1.55. The van der Waals surface area contributed by atoms with Gasteiger partial charge < -0.3 is 31.3 Å². The summed E-state index contributed by atoms with van der Waals surface area (Å²) in [6.07, 6.45) is -7.35. The Labute approximate surface area is 74.0 Å². The molecule has 7 N–H and O–H groups in total. The molecule has 0 aliphatic carbocycles. The number of carbonyl (C=O) groups excluding carboxylic acids is 1. The molecule has 0 radical (unpaired) electrons. The van der Waals surface area contributed by atoms with Crippen LogP contribution in [0.1, 0.15) is 0 Å². The van der Waals surface area contributed by atoms with Crippen molar-refractivity contribution in [2.24, 2.45) is 5.73 Å². The summed E-state index contributed by atoms with van der Waals surface area (Å²) in [4.78, 5) is 10.3. The van der Waals surface area contributed by atoms with Crippen LogP contribution in [-0.2, 0) is 4.79 Å². The molecule has 4 atom stereocenters. The van der Waals surface area contributed by atoms with E-state index in [4.69, 9.17) is 25.5 Å². The van der Waals surface area contributed by atoms with Crippen molar-refractivity contribution >= 4 is 5.91 Å². The van der Waals surface area contributed by atoms with E-state index in [1.54, 1.807) is 0 Å². The van der Waals surface area contributed by atoms with Crippen LogP contribution in [0.3, 0.4) is 0 Å². The van der Waals surface area contributed by atoms with Crippen molar-refractivity contribution < 1.29 is 30.3 Å². The zero-order valence-electron chi connectivity index (χ0n) is 6.74. The second-order valence-corrected chi connectivity index (χ2v) is 2.58. The summed E-state index contributed by atoms with van der Waals surface area (Å²) in [7, 11) is 0. The first kappa shape index (κ1) is 12.3. The Morgan fingerprint density at radius 2 is 1.62 bits per heavy atom. The van der Waals surface area contributed by atoms with Crippen LogP contribution in [0.2, 0.25) is 0 Å². The maximum atomic E-state index is 10.3. The topological polar surface area (TPSA) is 144 Å². The summed E-state index contributed by atoms with van der Waals surface area (Å²) < 4.78 is 0. The van der Waals surface area contributed by atoms with Gasteiger partial charge in [0.15, 0.2) is 6.10 Å². The SMILES string of the molecule is NC(=O)[C@@H](O)[C@@H](O)[C@@H](O)[C@@H](O)CO. The molecular formula is C6H13NO6. The molecule has 0 aromatic heterocycles. The predicted octanol–water partition coefficient (Wildman–Crippen LogP) is -4.09. The summed E-state index contributed by atoms with van der Waals surface area (Å²) in [5.41, 5.74) is 4.61. The van der Waals surface area contributed by atoms with Crippen LogP contribution >= 0.6 is 0 Å². The zero-order chi connectivity index (χ0) is 10.6. The molecule has 0 unspecified atom stereocenters. The largest absolute Gasteiger partial charge is 0.394 e. The molecule has 0 aliphatic heterocycles. The molecule has 0 fully saturated rings. The van der Waals surface area contributed by atoms with Crippen LogP contribution in [0.15, 0.2) is 0 Å². The summed E-state index contributed by atoms with van der Waals surface area (Å²) in [5.74, 6) is -1.23. The fourth-order valence-electron chi connectivity index (χ4n) is 0.691. The van der Waals surface area contributed by atoms with Crippen LogP contribution in [0.25, 0.3) is 0 Å². The van der Waals surface area contributed by atoms with Crippen molar-refractivity contribution in [1.82, 2.24) is 0 Å². The van der Waals surface area contributed by atoms with Gasteiger partial charge in [0.25, 0.3) is 0 Å². The molecule has 7 nitrogen and oxygen atoms in total. The first-order valence-corrected chi connectivity index (χ1v) is 3.54. The number of carbonyl (C=O) groups is 1. The summed E-state index contributed by atoms with van der Waals surface area (Å²) >= 11 is 0. The molecule has 78 valence electrons. The van der Waals surface area contributed by atoms with Crippen LogP contribution in [-0.4, -0.2) is 62.5 Å². The van der Waals surface area contributed by atoms with Crippen molar-refractivity contribution in [3.63, 3.8) is 0 Å². The van der Waals surface area contributed by atoms with E-state index in [0.717, 1.165) is 0 Å². The molecule has 0 aliphatic rings. The van der Waals surface area contributed by atoms with Crippen molar-refractivity contribution in [3.8, 4) is 0 Å². The number of aliphatic hydroxyl groups excluding tert-OH is 5. The average Bonchev–Trinajstić information content (AvgIpc) is 2.12. The van der Waals surface area contributed by atoms with Gasteiger partial charge in [-0.2, -0.15) is 0 Å². The lowest BCUT2D eigenvalue weighted by Crippen LogP contribution is -2.50. The Kier molecular flexibility index (Phi) is 4.81. The number of nitrogens with two attached hydrogens (primary N) is 1. The van der Waals surface area contributed by atoms with E-state index >= 15 is 0 Å². The molecule has 0 bridgehead atoms. The minimum atomic E-state index is -1.98. The monoisotopic (exact) mass is 195 g/mol. The van der Waals surface area contributed by atoms with Crippen LogP contribution in [0.4, 0.5) is 0 Å². The number of primary amides is 1. The van der Waals surface area contributed by atoms with Gasteiger partial charge in [0, 0.05) is 0 Å². The van der Waals surface area contributed by atoms with E-state index in [-0.39, 0.29) is 0 Å². The summed E-state index contributed by atoms with van der Waals surface area (Å²) in [6.45, 7) is -0.802. The average molecular weight is 195 g/mol. The molecule has 0 aromatic carbocycles. The van der Waals surface area contributed by atoms with E-state index in [2.05, 4.69) is 5.73 Å². The highest BCUT2D eigenvalue weighted by molar-refractivity contribution is 5.79. The number of amides is 1. The first-order valence-electron chi connectivity index (χ1n) is 3.54. The second kappa shape index (κ2) is 5.10. The van der Waals surface area contributed by atoms with E-state index in [0.29, 0.717) is 0 Å². The quantitative estimate of drug-likeness (QED) is 0.263. The summed E-state index contributed by atoms with van der Waals surface area (Å²) in [5, 5.41) is 44.0. The Balaban J connectivity index is 4.24. The Morgan fingerprint density at radius 1 is 1.15 bits per heavy atom. The van der Waals surface area contributed by atoms with E-state index in [1.165, 1.54) is 0 Å². The fourth-order valence-corrected chi connectivity index (χ4v) is 0.691. The molecular weight excluding hydrogens is 182 g/mol. The van der Waals surface area contributed by atoms with E-state index in [1.807, 2.05) is 0 Å². The maximum absolute atomic E-state index is 10.3. The molecule has 0 saturated carbocycles. The van der Waals surface area contributed by atoms with Gasteiger partial charge in [0.2, 0.25) is 5.91 Å². The van der Waals surface area contributed by atoms with Crippen molar-refractivity contribution in [3.05, 3.63) is 0 Å². The van der Waals surface area contributed by atoms with Crippen LogP contribution in [0, 0.1) is 0 Å². The highest BCUT2D eigenvalue weighted by Crippen LogP contribution is 2.04. The smallest absolute Gasteiger partial charge is 0.249 e. The standard InChI is InChI=1S/C6H13NO6/c7-6(13)5(12)4(11)3(10)2(9)1-8/h2-5,8-12H,1H2,(H2,7,13)/t2-,3-,4-,5-/m0/s1. The van der Waals surface area contributed by atoms with E-state index in [9.17, 15) is 4.79 Å². The number of aliphatic hydroxyl groups is 5. The minimum Gasteiger partial charge on any atom is -0.394 e. The van der Waals surface area contributed by atoms with Gasteiger partial charge in [-0.05, 0) is 0 Å². The lowest BCUT2D eigenvalue weighted by molar-refractivity contribution is -0.146. The number of rotatable bonds is 5. The molecule has 7 heteroatoms. The normalized spacial score (nSPS) is 20.4. The summed E-state index contributed by atoms with van der Waals surface area (Å²) in [6, 6.07) is 0. The number of hydrogen-bond donors (Lipinski definition) is 6. The van der Waals surface area contributed by atoms with E-state index < -0.39 is 36.9 Å². The molecule has 1 amide bonds. The minimum absolute atomic E-state index is 0.802. The molecule has 13 heavy (non-hydrogen) atoms. The maximum Gasteiger partial charge on any atom is 0.249 e. The van der Waals surface area contributed by atoms with Gasteiger partial charge in [0.05, 0.1) is 6.61 Å². The highest BCUT2D eigenvalue weighted by Gasteiger charge is 2.32. The van der Waals surface area contributed by atoms with Crippen molar-refractivity contribution in [1.29, 1.82) is 0 Å². The van der Waals surface area contributed by atoms with Gasteiger partial charge in [-0.1, -0.05) is 0 Å². The van der Waals surface area contributed by atoms with Gasteiger partial charge in [-0.3, -0.25) is 4.79 Å². The van der Waals surface area contributed by atoms with Crippen LogP contribution < -0.4 is 5.73 Å². The third kappa shape index (κ3) is 3.25. The van der Waals surface area contributed by atoms with Gasteiger partial charge >= 0.3 is 0 Å². The fraction of sp³-hybridized carbons (Fsp3) is 0.833. The zero-order valence-corrected chi connectivity index (χ0v) is 6.74. The highest BCUT2D eigenvalue weighted by atomic mass is 16.4. The van der Waals surface area contributed by atoms with Gasteiger partial charge in [-0.25, -0.2) is 0 Å². The lowest BCUT2D eigenvalue weighted by Gasteiger charge is -2.23. The van der Waals surface area contributed by atoms with Crippen LogP contribution in [0.5, 0.6) is 0 Å².